The average Bonchev–Trinajstić information content (AvgIpc) is 2.66. The Bertz CT molecular complexity index is 825. The number of carbonyl (C=O) groups is 1. The van der Waals surface area contributed by atoms with Crippen LogP contribution in [0.3, 0.4) is 0 Å². The van der Waals surface area contributed by atoms with Crippen LogP contribution in [-0.4, -0.2) is 21.6 Å². The summed E-state index contributed by atoms with van der Waals surface area (Å²) in [4.78, 5) is 23.0. The number of rotatable bonds is 6. The molecule has 25 heavy (non-hydrogen) atoms. The lowest BCUT2D eigenvalue weighted by molar-refractivity contribution is -0.116. The highest BCUT2D eigenvalue weighted by molar-refractivity contribution is 7.99. The molecule has 5 heteroatoms. The van der Waals surface area contributed by atoms with Crippen molar-refractivity contribution < 1.29 is 4.79 Å². The van der Waals surface area contributed by atoms with Gasteiger partial charge in [-0.05, 0) is 36.2 Å². The molecule has 0 spiro atoms. The van der Waals surface area contributed by atoms with Crippen LogP contribution in [0.5, 0.6) is 0 Å². The van der Waals surface area contributed by atoms with Crippen molar-refractivity contribution in [2.75, 3.05) is 10.7 Å². The van der Waals surface area contributed by atoms with Crippen molar-refractivity contribution in [3.63, 3.8) is 0 Å². The number of amides is 1. The van der Waals surface area contributed by atoms with E-state index in [0.29, 0.717) is 17.5 Å². The number of thioether (sulfide) groups is 1. The summed E-state index contributed by atoms with van der Waals surface area (Å²) in [6.07, 6.45) is 3.37. The maximum atomic E-state index is 12.9. The fraction of sp³-hybridized carbons (Fsp3) is 0.150. The second kappa shape index (κ2) is 8.44. The molecule has 0 atom stereocenters. The molecule has 1 amide bonds. The van der Waals surface area contributed by atoms with E-state index in [2.05, 4.69) is 9.97 Å². The van der Waals surface area contributed by atoms with Crippen molar-refractivity contribution in [3.05, 3.63) is 84.2 Å². The molecule has 0 radical (unpaired) electrons. The first-order valence-corrected chi connectivity index (χ1v) is 9.02. The molecule has 0 aliphatic carbocycles. The van der Waals surface area contributed by atoms with Crippen LogP contribution in [0.25, 0.3) is 0 Å². The zero-order valence-corrected chi connectivity index (χ0v) is 14.8. The highest BCUT2D eigenvalue weighted by Gasteiger charge is 2.17. The molecule has 0 aliphatic rings. The Kier molecular flexibility index (Phi) is 5.80. The van der Waals surface area contributed by atoms with Gasteiger partial charge in [-0.3, -0.25) is 4.79 Å². The predicted molar refractivity (Wildman–Crippen MR) is 102 cm³/mol. The summed E-state index contributed by atoms with van der Waals surface area (Å²) < 4.78 is 0. The summed E-state index contributed by atoms with van der Waals surface area (Å²) >= 11 is 1.35. The van der Waals surface area contributed by atoms with Crippen LogP contribution in [0.2, 0.25) is 0 Å². The standard InChI is InChI=1S/C20H19N3OS/c1-16-7-5-10-18(13-16)23(14-17-8-3-2-4-9-17)19(24)15-25-20-21-11-6-12-22-20/h2-13H,14-15H2,1H3. The number of hydrogen-bond acceptors (Lipinski definition) is 4. The molecular weight excluding hydrogens is 330 g/mol. The molecule has 3 aromatic rings. The molecule has 0 saturated carbocycles. The van der Waals surface area contributed by atoms with Crippen molar-refractivity contribution in [3.8, 4) is 0 Å². The molecule has 0 aliphatic heterocycles. The first-order chi connectivity index (χ1) is 12.2. The monoisotopic (exact) mass is 349 g/mol. The van der Waals surface area contributed by atoms with Crippen LogP contribution in [0.4, 0.5) is 5.69 Å². The maximum absolute atomic E-state index is 12.9. The molecule has 0 unspecified atom stereocenters. The van der Waals surface area contributed by atoms with Crippen molar-refractivity contribution in [1.82, 2.24) is 9.97 Å². The molecule has 2 aromatic carbocycles. The van der Waals surface area contributed by atoms with Crippen molar-refractivity contribution in [1.29, 1.82) is 0 Å². The minimum absolute atomic E-state index is 0.0342. The van der Waals surface area contributed by atoms with E-state index in [1.807, 2.05) is 66.4 Å². The molecule has 0 fully saturated rings. The summed E-state index contributed by atoms with van der Waals surface area (Å²) in [5.74, 6) is 0.331. The second-order valence-electron chi connectivity index (χ2n) is 5.62. The van der Waals surface area contributed by atoms with Gasteiger partial charge < -0.3 is 4.90 Å². The van der Waals surface area contributed by atoms with Gasteiger partial charge in [0.1, 0.15) is 0 Å². The molecule has 1 heterocycles. The van der Waals surface area contributed by atoms with Crippen LogP contribution in [0, 0.1) is 6.92 Å². The number of nitrogens with zero attached hydrogens (tertiary/aromatic N) is 3. The Labute approximate surface area is 151 Å². The summed E-state index contributed by atoms with van der Waals surface area (Å²) in [6.45, 7) is 2.57. The van der Waals surface area contributed by atoms with Gasteiger partial charge in [0.15, 0.2) is 5.16 Å². The fourth-order valence-corrected chi connectivity index (χ4v) is 3.13. The summed E-state index contributed by atoms with van der Waals surface area (Å²) in [6, 6.07) is 19.8. The predicted octanol–water partition coefficient (Wildman–Crippen LogP) is 4.11. The lowest BCUT2D eigenvalue weighted by Gasteiger charge is -2.23. The van der Waals surface area contributed by atoms with Crippen molar-refractivity contribution in [2.24, 2.45) is 0 Å². The largest absolute Gasteiger partial charge is 0.307 e. The lowest BCUT2D eigenvalue weighted by Crippen LogP contribution is -2.32. The topological polar surface area (TPSA) is 46.1 Å². The highest BCUT2D eigenvalue weighted by atomic mass is 32.2. The normalized spacial score (nSPS) is 10.4. The van der Waals surface area contributed by atoms with Crippen LogP contribution in [0.1, 0.15) is 11.1 Å². The first-order valence-electron chi connectivity index (χ1n) is 8.03. The zero-order chi connectivity index (χ0) is 17.5. The summed E-state index contributed by atoms with van der Waals surface area (Å²) in [7, 11) is 0. The third-order valence-corrected chi connectivity index (χ3v) is 4.53. The number of aryl methyl sites for hydroxylation is 1. The first kappa shape index (κ1) is 17.2. The lowest BCUT2D eigenvalue weighted by atomic mass is 10.1. The quantitative estimate of drug-likeness (QED) is 0.496. The Morgan fingerprint density at radius 3 is 2.48 bits per heavy atom. The third-order valence-electron chi connectivity index (χ3n) is 3.66. The van der Waals surface area contributed by atoms with E-state index in [1.54, 1.807) is 18.5 Å². The zero-order valence-electron chi connectivity index (χ0n) is 14.0. The number of hydrogen-bond donors (Lipinski definition) is 0. The van der Waals surface area contributed by atoms with Gasteiger partial charge in [0.2, 0.25) is 5.91 Å². The van der Waals surface area contributed by atoms with Crippen LogP contribution in [-0.2, 0) is 11.3 Å². The van der Waals surface area contributed by atoms with Gasteiger partial charge in [-0.25, -0.2) is 9.97 Å². The van der Waals surface area contributed by atoms with E-state index in [4.69, 9.17) is 0 Å². The van der Waals surface area contributed by atoms with E-state index in [9.17, 15) is 4.79 Å². The minimum atomic E-state index is 0.0342. The fourth-order valence-electron chi connectivity index (χ4n) is 2.45. The van der Waals surface area contributed by atoms with E-state index >= 15 is 0 Å². The van der Waals surface area contributed by atoms with Gasteiger partial charge in [-0.15, -0.1) is 0 Å². The van der Waals surface area contributed by atoms with Crippen LogP contribution >= 0.6 is 11.8 Å². The molecule has 1 aromatic heterocycles. The minimum Gasteiger partial charge on any atom is -0.307 e. The molecule has 0 N–H and O–H groups in total. The molecular formula is C20H19N3OS. The summed E-state index contributed by atoms with van der Waals surface area (Å²) in [5, 5.41) is 0.611. The van der Waals surface area contributed by atoms with E-state index in [1.165, 1.54) is 11.8 Å². The third kappa shape index (κ3) is 4.90. The van der Waals surface area contributed by atoms with Crippen molar-refractivity contribution >= 4 is 23.4 Å². The molecule has 4 nitrogen and oxygen atoms in total. The molecule has 126 valence electrons. The number of anilines is 1. The smallest absolute Gasteiger partial charge is 0.237 e. The van der Waals surface area contributed by atoms with Gasteiger partial charge in [-0.2, -0.15) is 0 Å². The van der Waals surface area contributed by atoms with Gasteiger partial charge in [-0.1, -0.05) is 54.2 Å². The Morgan fingerprint density at radius 1 is 1.00 bits per heavy atom. The van der Waals surface area contributed by atoms with E-state index in [0.717, 1.165) is 16.8 Å². The van der Waals surface area contributed by atoms with Gasteiger partial charge in [0, 0.05) is 18.1 Å². The van der Waals surface area contributed by atoms with Gasteiger partial charge >= 0.3 is 0 Å². The number of aromatic nitrogens is 2. The van der Waals surface area contributed by atoms with Crippen LogP contribution < -0.4 is 4.90 Å². The molecule has 0 saturated heterocycles. The van der Waals surface area contributed by atoms with Crippen molar-refractivity contribution in [2.45, 2.75) is 18.6 Å². The SMILES string of the molecule is Cc1cccc(N(Cc2ccccc2)C(=O)CSc2ncccn2)c1. The number of carbonyl (C=O) groups excluding carboxylic acids is 1. The Balaban J connectivity index is 1.78. The Morgan fingerprint density at radius 2 is 1.76 bits per heavy atom. The van der Waals surface area contributed by atoms with E-state index in [-0.39, 0.29) is 5.91 Å². The highest BCUT2D eigenvalue weighted by Crippen LogP contribution is 2.21. The average molecular weight is 349 g/mol. The van der Waals surface area contributed by atoms with E-state index < -0.39 is 0 Å². The second-order valence-corrected chi connectivity index (χ2v) is 6.57. The van der Waals surface area contributed by atoms with Crippen LogP contribution in [0.15, 0.2) is 78.2 Å². The maximum Gasteiger partial charge on any atom is 0.237 e. The van der Waals surface area contributed by atoms with Gasteiger partial charge in [0.05, 0.1) is 12.3 Å². The molecule has 3 rings (SSSR count). The molecule has 0 bridgehead atoms. The summed E-state index contributed by atoms with van der Waals surface area (Å²) in [5.41, 5.74) is 3.13. The number of benzene rings is 2. The van der Waals surface area contributed by atoms with Gasteiger partial charge in [0.25, 0.3) is 0 Å². The Hall–Kier alpha value is -2.66.